The van der Waals surface area contributed by atoms with Crippen LogP contribution in [0.5, 0.6) is 0 Å². The Morgan fingerprint density at radius 3 is 2.43 bits per heavy atom. The lowest BCUT2D eigenvalue weighted by Gasteiger charge is -2.05. The van der Waals surface area contributed by atoms with Crippen LogP contribution < -0.4 is 11.0 Å². The summed E-state index contributed by atoms with van der Waals surface area (Å²) in [4.78, 5) is 25.0. The number of fused-ring (bicyclic) bond motifs is 1. The van der Waals surface area contributed by atoms with Crippen LogP contribution in [0.3, 0.4) is 0 Å². The Bertz CT molecular complexity index is 1230. The summed E-state index contributed by atoms with van der Waals surface area (Å²) < 4.78 is 4.78. The zero-order valence-corrected chi connectivity index (χ0v) is 16.0. The molecule has 7 nitrogen and oxygen atoms in total. The lowest BCUT2D eigenvalue weighted by atomic mass is 10.2. The number of imidazole rings is 1. The molecule has 4 aromatic rings. The Kier molecular flexibility index (Phi) is 4.35. The highest BCUT2D eigenvalue weighted by Crippen LogP contribution is 2.16. The summed E-state index contributed by atoms with van der Waals surface area (Å²) in [6.07, 6.45) is 0. The van der Waals surface area contributed by atoms with Crippen molar-refractivity contribution in [2.24, 2.45) is 7.05 Å². The minimum atomic E-state index is -0.299. The van der Waals surface area contributed by atoms with Crippen molar-refractivity contribution in [1.82, 2.24) is 18.9 Å². The second-order valence-electron chi connectivity index (χ2n) is 6.88. The number of anilines is 1. The van der Waals surface area contributed by atoms with Gasteiger partial charge in [-0.2, -0.15) is 0 Å². The minimum absolute atomic E-state index is 0.0728. The first kappa shape index (κ1) is 17.8. The van der Waals surface area contributed by atoms with Crippen LogP contribution in [0.15, 0.2) is 59.4 Å². The molecule has 1 N–H and O–H groups in total. The topological polar surface area (TPSA) is 73.8 Å². The first-order valence-corrected chi connectivity index (χ1v) is 9.02. The van der Waals surface area contributed by atoms with Crippen LogP contribution in [0.4, 0.5) is 5.82 Å². The van der Waals surface area contributed by atoms with E-state index in [4.69, 9.17) is 0 Å². The van der Waals surface area contributed by atoms with E-state index in [-0.39, 0.29) is 18.1 Å². The molecule has 2 aromatic carbocycles. The highest BCUT2D eigenvalue weighted by Gasteiger charge is 2.15. The van der Waals surface area contributed by atoms with Crippen molar-refractivity contribution in [3.05, 3.63) is 76.3 Å². The lowest BCUT2D eigenvalue weighted by molar-refractivity contribution is -0.116. The third-order valence-corrected chi connectivity index (χ3v) is 4.79. The maximum absolute atomic E-state index is 12.6. The smallest absolute Gasteiger partial charge is 0.308 e. The molecule has 0 saturated heterocycles. The van der Waals surface area contributed by atoms with E-state index < -0.39 is 0 Å². The van der Waals surface area contributed by atoms with Crippen LogP contribution in [-0.4, -0.2) is 24.8 Å². The molecule has 2 aromatic heterocycles. The van der Waals surface area contributed by atoms with Crippen molar-refractivity contribution >= 4 is 22.8 Å². The number of rotatable bonds is 4. The number of aryl methyl sites for hydroxylation is 3. The monoisotopic (exact) mass is 375 g/mol. The van der Waals surface area contributed by atoms with Gasteiger partial charge in [-0.1, -0.05) is 29.8 Å². The van der Waals surface area contributed by atoms with Crippen molar-refractivity contribution in [1.29, 1.82) is 0 Å². The summed E-state index contributed by atoms with van der Waals surface area (Å²) in [7, 11) is 1.70. The highest BCUT2D eigenvalue weighted by molar-refractivity contribution is 5.90. The second kappa shape index (κ2) is 6.84. The van der Waals surface area contributed by atoms with Crippen LogP contribution in [0.2, 0.25) is 0 Å². The molecule has 0 atom stereocenters. The van der Waals surface area contributed by atoms with Gasteiger partial charge in [0, 0.05) is 18.8 Å². The molecule has 0 fully saturated rings. The van der Waals surface area contributed by atoms with E-state index in [0.717, 1.165) is 22.4 Å². The average molecular weight is 375 g/mol. The maximum Gasteiger partial charge on any atom is 0.329 e. The van der Waals surface area contributed by atoms with Crippen molar-refractivity contribution < 1.29 is 4.79 Å². The second-order valence-corrected chi connectivity index (χ2v) is 6.88. The summed E-state index contributed by atoms with van der Waals surface area (Å²) in [6.45, 7) is 3.88. The Morgan fingerprint density at radius 2 is 1.71 bits per heavy atom. The molecule has 2 heterocycles. The van der Waals surface area contributed by atoms with Gasteiger partial charge in [0.1, 0.15) is 6.54 Å². The number of benzene rings is 2. The molecule has 7 heteroatoms. The van der Waals surface area contributed by atoms with Crippen molar-refractivity contribution in [2.75, 3.05) is 5.32 Å². The maximum atomic E-state index is 12.6. The van der Waals surface area contributed by atoms with Gasteiger partial charge in [-0.25, -0.2) is 9.48 Å². The molecule has 142 valence electrons. The van der Waals surface area contributed by atoms with Crippen LogP contribution in [-0.2, 0) is 18.4 Å². The molecule has 0 aliphatic rings. The quantitative estimate of drug-likeness (QED) is 0.596. The van der Waals surface area contributed by atoms with Gasteiger partial charge < -0.3 is 5.32 Å². The summed E-state index contributed by atoms with van der Waals surface area (Å²) in [5.74, 6) is 0.156. The zero-order valence-electron chi connectivity index (χ0n) is 16.0. The zero-order chi connectivity index (χ0) is 19.8. The number of carbonyl (C=O) groups excluding carboxylic acids is 1. The highest BCUT2D eigenvalue weighted by atomic mass is 16.2. The fourth-order valence-corrected chi connectivity index (χ4v) is 3.32. The molecule has 0 saturated carbocycles. The lowest BCUT2D eigenvalue weighted by Crippen LogP contribution is -2.28. The Morgan fingerprint density at radius 1 is 1.04 bits per heavy atom. The van der Waals surface area contributed by atoms with Crippen molar-refractivity contribution in [3.63, 3.8) is 0 Å². The fourth-order valence-electron chi connectivity index (χ4n) is 3.32. The van der Waals surface area contributed by atoms with E-state index in [2.05, 4.69) is 10.4 Å². The third-order valence-electron chi connectivity index (χ3n) is 4.79. The number of aromatic nitrogens is 4. The van der Waals surface area contributed by atoms with Crippen LogP contribution in [0.25, 0.3) is 16.7 Å². The number of hydrogen-bond acceptors (Lipinski definition) is 3. The van der Waals surface area contributed by atoms with E-state index in [1.165, 1.54) is 10.1 Å². The van der Waals surface area contributed by atoms with E-state index in [1.54, 1.807) is 16.3 Å². The number of para-hydroxylation sites is 2. The van der Waals surface area contributed by atoms with Crippen molar-refractivity contribution in [2.45, 2.75) is 20.4 Å². The Hall–Kier alpha value is -3.61. The number of nitrogens with zero attached hydrogens (tertiary/aromatic N) is 4. The van der Waals surface area contributed by atoms with Crippen molar-refractivity contribution in [3.8, 4) is 5.69 Å². The fraction of sp³-hybridized carbons (Fsp3) is 0.190. The Labute approximate surface area is 161 Å². The largest absolute Gasteiger partial charge is 0.329 e. The molecule has 4 rings (SSSR count). The predicted octanol–water partition coefficient (Wildman–Crippen LogP) is 2.78. The van der Waals surface area contributed by atoms with Gasteiger partial charge in [-0.3, -0.25) is 13.9 Å². The molecule has 0 spiro atoms. The van der Waals surface area contributed by atoms with Gasteiger partial charge in [-0.15, -0.1) is 5.10 Å². The molecule has 0 aliphatic heterocycles. The molecular formula is C21H21N5O2. The summed E-state index contributed by atoms with van der Waals surface area (Å²) in [5.41, 5.74) is 4.29. The van der Waals surface area contributed by atoms with Crippen LogP contribution >= 0.6 is 0 Å². The first-order chi connectivity index (χ1) is 13.4. The van der Waals surface area contributed by atoms with Gasteiger partial charge in [0.2, 0.25) is 5.91 Å². The third kappa shape index (κ3) is 3.11. The molecule has 1 amide bonds. The standard InChI is InChI=1S/C21H21N5O2/c1-14-8-10-16(11-9-14)26-15(2)12-19(23-26)22-20(27)13-25-18-7-5-4-6-17(18)24(3)21(25)28/h4-12H,13H2,1-3H3,(H,22,23,27). The first-order valence-electron chi connectivity index (χ1n) is 9.02. The van der Waals surface area contributed by atoms with Gasteiger partial charge in [0.05, 0.1) is 16.7 Å². The molecule has 0 bridgehead atoms. The number of amides is 1. The molecule has 28 heavy (non-hydrogen) atoms. The van der Waals surface area contributed by atoms with Gasteiger partial charge in [0.15, 0.2) is 5.82 Å². The minimum Gasteiger partial charge on any atom is -0.308 e. The van der Waals surface area contributed by atoms with Crippen LogP contribution in [0, 0.1) is 13.8 Å². The molecule has 0 unspecified atom stereocenters. The van der Waals surface area contributed by atoms with Gasteiger partial charge in [0.25, 0.3) is 0 Å². The molecular weight excluding hydrogens is 354 g/mol. The summed E-state index contributed by atoms with van der Waals surface area (Å²) in [6, 6.07) is 17.2. The summed E-state index contributed by atoms with van der Waals surface area (Å²) in [5, 5.41) is 7.27. The van der Waals surface area contributed by atoms with E-state index in [1.807, 2.05) is 68.4 Å². The van der Waals surface area contributed by atoms with Gasteiger partial charge >= 0.3 is 5.69 Å². The average Bonchev–Trinajstić information content (AvgIpc) is 3.15. The normalized spacial score (nSPS) is 11.1. The summed E-state index contributed by atoms with van der Waals surface area (Å²) >= 11 is 0. The van der Waals surface area contributed by atoms with E-state index >= 15 is 0 Å². The number of carbonyl (C=O) groups is 1. The SMILES string of the molecule is Cc1ccc(-n2nc(NC(=O)Cn3c(=O)n(C)c4ccccc43)cc2C)cc1. The predicted molar refractivity (Wildman–Crippen MR) is 109 cm³/mol. The number of hydrogen-bond donors (Lipinski definition) is 1. The number of nitrogens with one attached hydrogen (secondary N) is 1. The molecule has 0 radical (unpaired) electrons. The van der Waals surface area contributed by atoms with Crippen LogP contribution in [0.1, 0.15) is 11.3 Å². The Balaban J connectivity index is 1.57. The van der Waals surface area contributed by atoms with E-state index in [9.17, 15) is 9.59 Å². The molecule has 0 aliphatic carbocycles. The van der Waals surface area contributed by atoms with Gasteiger partial charge in [-0.05, 0) is 38.1 Å². The van der Waals surface area contributed by atoms with E-state index in [0.29, 0.717) is 5.82 Å².